The van der Waals surface area contributed by atoms with E-state index in [2.05, 4.69) is 25.8 Å². The van der Waals surface area contributed by atoms with E-state index >= 15 is 0 Å². The molecule has 1 aromatic carbocycles. The van der Waals surface area contributed by atoms with Crippen LogP contribution in [0.2, 0.25) is 5.02 Å². The van der Waals surface area contributed by atoms with Gasteiger partial charge in [-0.05, 0) is 25.1 Å². The summed E-state index contributed by atoms with van der Waals surface area (Å²) in [5.41, 5.74) is 1.21. The number of nitrogens with zero attached hydrogens (tertiary/aromatic N) is 2. The van der Waals surface area contributed by atoms with Gasteiger partial charge in [0.25, 0.3) is 0 Å². The predicted octanol–water partition coefficient (Wildman–Crippen LogP) is 2.95. The number of hydrogen-bond donors (Lipinski definition) is 3. The molecule has 1 aliphatic rings. The molecule has 25 heavy (non-hydrogen) atoms. The van der Waals surface area contributed by atoms with Crippen LogP contribution in [0, 0.1) is 18.7 Å². The number of benzene rings is 1. The summed E-state index contributed by atoms with van der Waals surface area (Å²) in [6, 6.07) is 5.72. The maximum Gasteiger partial charge on any atom is 0.249 e. The largest absolute Gasteiger partial charge is 0.381 e. The van der Waals surface area contributed by atoms with Gasteiger partial charge in [0, 0.05) is 34.8 Å². The molecule has 7 nitrogen and oxygen atoms in total. The van der Waals surface area contributed by atoms with Gasteiger partial charge in [-0.3, -0.25) is 9.89 Å². The van der Waals surface area contributed by atoms with E-state index in [9.17, 15) is 9.18 Å². The van der Waals surface area contributed by atoms with Gasteiger partial charge in [-0.2, -0.15) is 10.1 Å². The molecular formula is C16H17ClFN5O2. The number of hydrogen-bond acceptors (Lipinski definition) is 3. The molecule has 1 saturated heterocycles. The number of carbonyl (C=O) groups excluding carboxylic acids is 1. The number of H-pyrrole nitrogens is 1. The summed E-state index contributed by atoms with van der Waals surface area (Å²) in [5.74, 6) is -0.000793. The average Bonchev–Trinajstić information content (AvgIpc) is 2.87. The fourth-order valence-corrected chi connectivity index (χ4v) is 2.49. The summed E-state index contributed by atoms with van der Waals surface area (Å²) in [7, 11) is 0. The monoisotopic (exact) mass is 365 g/mol. The Kier molecular flexibility index (Phi) is 5.30. The quantitative estimate of drug-likeness (QED) is 0.572. The van der Waals surface area contributed by atoms with Crippen LogP contribution in [-0.4, -0.2) is 35.3 Å². The smallest absolute Gasteiger partial charge is 0.249 e. The number of anilines is 2. The Balaban J connectivity index is 1.78. The van der Waals surface area contributed by atoms with E-state index < -0.39 is 5.82 Å². The Hall–Kier alpha value is -2.45. The summed E-state index contributed by atoms with van der Waals surface area (Å²) in [6.07, 6.45) is 0.288. The first-order chi connectivity index (χ1) is 12.0. The molecular weight excluding hydrogens is 349 g/mol. The van der Waals surface area contributed by atoms with Crippen LogP contribution in [0.3, 0.4) is 0 Å². The van der Waals surface area contributed by atoms with Crippen LogP contribution >= 0.6 is 11.6 Å². The van der Waals surface area contributed by atoms with Crippen molar-refractivity contribution in [2.45, 2.75) is 13.3 Å². The zero-order valence-corrected chi connectivity index (χ0v) is 14.2. The predicted molar refractivity (Wildman–Crippen MR) is 93.3 cm³/mol. The van der Waals surface area contributed by atoms with E-state index in [0.717, 1.165) is 5.69 Å². The van der Waals surface area contributed by atoms with Gasteiger partial charge < -0.3 is 15.4 Å². The second-order valence-corrected chi connectivity index (χ2v) is 6.24. The van der Waals surface area contributed by atoms with Gasteiger partial charge in [0.05, 0.1) is 13.2 Å². The molecule has 0 radical (unpaired) electrons. The molecule has 1 aliphatic heterocycles. The normalized spacial score (nSPS) is 14.9. The molecule has 132 valence electrons. The van der Waals surface area contributed by atoms with Crippen molar-refractivity contribution in [3.8, 4) is 0 Å². The molecule has 1 aromatic heterocycles. The fourth-order valence-electron chi connectivity index (χ4n) is 2.27. The van der Waals surface area contributed by atoms with Gasteiger partial charge in [0.15, 0.2) is 5.82 Å². The summed E-state index contributed by atoms with van der Waals surface area (Å²) in [4.78, 5) is 16.2. The number of halogens is 2. The number of aryl methyl sites for hydroxylation is 1. The fraction of sp³-hybridized carbons (Fsp3) is 0.312. The van der Waals surface area contributed by atoms with Crippen LogP contribution in [0.5, 0.6) is 0 Å². The topological polar surface area (TPSA) is 91.4 Å². The zero-order valence-electron chi connectivity index (χ0n) is 13.5. The average molecular weight is 366 g/mol. The van der Waals surface area contributed by atoms with Crippen LogP contribution in [0.25, 0.3) is 0 Å². The number of carbonyl (C=O) groups is 1. The molecule has 2 heterocycles. The lowest BCUT2D eigenvalue weighted by molar-refractivity contribution is -0.123. The van der Waals surface area contributed by atoms with E-state index in [0.29, 0.717) is 24.7 Å². The molecule has 0 atom stereocenters. The minimum atomic E-state index is -0.497. The molecule has 3 rings (SSSR count). The maximum absolute atomic E-state index is 13.5. The van der Waals surface area contributed by atoms with Crippen LogP contribution in [0.4, 0.5) is 15.9 Å². The SMILES string of the molecule is Cc1cc(N/C(=N\C(=O)CC2COC2)Nc2cc(F)cc(Cl)c2)n[nH]1. The van der Waals surface area contributed by atoms with Crippen molar-refractivity contribution in [1.82, 2.24) is 10.2 Å². The molecule has 0 bridgehead atoms. The summed E-state index contributed by atoms with van der Waals surface area (Å²) in [6.45, 7) is 2.97. The second kappa shape index (κ2) is 7.62. The lowest BCUT2D eigenvalue weighted by Crippen LogP contribution is -2.30. The van der Waals surface area contributed by atoms with Crippen molar-refractivity contribution < 1.29 is 13.9 Å². The van der Waals surface area contributed by atoms with Crippen molar-refractivity contribution in [2.75, 3.05) is 23.8 Å². The summed E-state index contributed by atoms with van der Waals surface area (Å²) in [5, 5.41) is 12.8. The second-order valence-electron chi connectivity index (χ2n) is 5.81. The highest BCUT2D eigenvalue weighted by atomic mass is 35.5. The number of rotatable bonds is 4. The highest BCUT2D eigenvalue weighted by molar-refractivity contribution is 6.31. The Morgan fingerprint density at radius 2 is 2.20 bits per heavy atom. The van der Waals surface area contributed by atoms with Crippen molar-refractivity contribution in [3.05, 3.63) is 40.8 Å². The van der Waals surface area contributed by atoms with Gasteiger partial charge in [0.1, 0.15) is 5.82 Å². The molecule has 1 amide bonds. The third-order valence-corrected chi connectivity index (χ3v) is 3.70. The van der Waals surface area contributed by atoms with Crippen molar-refractivity contribution in [1.29, 1.82) is 0 Å². The molecule has 0 aliphatic carbocycles. The highest BCUT2D eigenvalue weighted by Gasteiger charge is 2.22. The lowest BCUT2D eigenvalue weighted by Gasteiger charge is -2.24. The van der Waals surface area contributed by atoms with E-state index in [4.69, 9.17) is 16.3 Å². The third-order valence-electron chi connectivity index (χ3n) is 3.48. The van der Waals surface area contributed by atoms with E-state index in [1.54, 1.807) is 6.07 Å². The van der Waals surface area contributed by atoms with E-state index in [1.807, 2.05) is 6.92 Å². The Bertz CT molecular complexity index is 783. The Labute approximate surface area is 148 Å². The molecule has 0 spiro atoms. The number of aromatic amines is 1. The van der Waals surface area contributed by atoms with Gasteiger partial charge in [0.2, 0.25) is 11.9 Å². The van der Waals surface area contributed by atoms with Crippen LogP contribution in [0.15, 0.2) is 29.3 Å². The molecule has 3 N–H and O–H groups in total. The van der Waals surface area contributed by atoms with Crippen LogP contribution < -0.4 is 10.6 Å². The summed E-state index contributed by atoms with van der Waals surface area (Å²) >= 11 is 5.86. The maximum atomic E-state index is 13.5. The number of aliphatic imine (C=N–C) groups is 1. The van der Waals surface area contributed by atoms with Crippen molar-refractivity contribution >= 4 is 35.0 Å². The minimum absolute atomic E-state index is 0.137. The number of guanidine groups is 1. The first kappa shape index (κ1) is 17.4. The molecule has 0 unspecified atom stereocenters. The molecule has 0 saturated carbocycles. The first-order valence-electron chi connectivity index (χ1n) is 7.69. The van der Waals surface area contributed by atoms with E-state index in [-0.39, 0.29) is 29.2 Å². The lowest BCUT2D eigenvalue weighted by atomic mass is 10.0. The van der Waals surface area contributed by atoms with Gasteiger partial charge >= 0.3 is 0 Å². The van der Waals surface area contributed by atoms with Crippen LogP contribution in [-0.2, 0) is 9.53 Å². The third kappa shape index (κ3) is 5.01. The zero-order chi connectivity index (χ0) is 17.8. The minimum Gasteiger partial charge on any atom is -0.381 e. The van der Waals surface area contributed by atoms with Crippen molar-refractivity contribution in [3.63, 3.8) is 0 Å². The number of ether oxygens (including phenoxy) is 1. The van der Waals surface area contributed by atoms with Crippen molar-refractivity contribution in [2.24, 2.45) is 10.9 Å². The van der Waals surface area contributed by atoms with Crippen LogP contribution in [0.1, 0.15) is 12.1 Å². The first-order valence-corrected chi connectivity index (χ1v) is 8.07. The van der Waals surface area contributed by atoms with Gasteiger partial charge in [-0.1, -0.05) is 11.6 Å². The Morgan fingerprint density at radius 3 is 2.80 bits per heavy atom. The van der Waals surface area contributed by atoms with E-state index in [1.165, 1.54) is 18.2 Å². The summed E-state index contributed by atoms with van der Waals surface area (Å²) < 4.78 is 18.6. The number of aromatic nitrogens is 2. The standard InChI is InChI=1S/C16H17ClFN5O2/c1-9-2-14(23-22-9)20-16(21-15(24)3-10-7-25-8-10)19-13-5-11(17)4-12(18)6-13/h2,4-6,10H,3,7-8H2,1H3,(H3,19,20,21,22,23,24). The van der Waals surface area contributed by atoms with Gasteiger partial charge in [-0.25, -0.2) is 4.39 Å². The number of amides is 1. The molecule has 2 aromatic rings. The van der Waals surface area contributed by atoms with Gasteiger partial charge in [-0.15, -0.1) is 0 Å². The molecule has 9 heteroatoms. The highest BCUT2D eigenvalue weighted by Crippen LogP contribution is 2.19. The number of nitrogens with one attached hydrogen (secondary N) is 3. The molecule has 1 fully saturated rings. The Morgan fingerprint density at radius 1 is 1.40 bits per heavy atom.